The van der Waals surface area contributed by atoms with Gasteiger partial charge >= 0.3 is 0 Å². The Morgan fingerprint density at radius 2 is 2.12 bits per heavy atom. The lowest BCUT2D eigenvalue weighted by molar-refractivity contribution is 0.0523. The Labute approximate surface area is 144 Å². The predicted octanol–water partition coefficient (Wildman–Crippen LogP) is 4.22. The Morgan fingerprint density at radius 3 is 2.88 bits per heavy atom. The lowest BCUT2D eigenvalue weighted by atomic mass is 9.60. The Morgan fingerprint density at radius 1 is 1.29 bits per heavy atom. The number of thiophene rings is 1. The fourth-order valence-corrected chi connectivity index (χ4v) is 5.77. The van der Waals surface area contributed by atoms with Gasteiger partial charge in [-0.25, -0.2) is 19.8 Å². The number of aromatic nitrogens is 1. The van der Waals surface area contributed by atoms with Crippen molar-refractivity contribution >= 4 is 33.2 Å². The average Bonchev–Trinajstić information content (AvgIpc) is 3.10. The van der Waals surface area contributed by atoms with Crippen molar-refractivity contribution in [2.24, 2.45) is 16.8 Å². The molecule has 1 atom stereocenters. The largest absolute Gasteiger partial charge is 0.309 e. The third kappa shape index (κ3) is 2.19. The zero-order valence-electron chi connectivity index (χ0n) is 13.7. The number of aliphatic imine (C=N–C) groups is 1. The second kappa shape index (κ2) is 5.23. The zero-order chi connectivity index (χ0) is 16.3. The Kier molecular flexibility index (Phi) is 3.22. The van der Waals surface area contributed by atoms with Crippen molar-refractivity contribution in [2.45, 2.75) is 51.0 Å². The van der Waals surface area contributed by atoms with E-state index in [9.17, 15) is 4.39 Å². The van der Waals surface area contributed by atoms with Gasteiger partial charge in [-0.05, 0) is 50.2 Å². The molecule has 6 heteroatoms. The molecule has 2 N–H and O–H groups in total. The topological polar surface area (TPSA) is 49.3 Å². The Balaban J connectivity index is 1.43. The minimum absolute atomic E-state index is 0.153. The molecule has 24 heavy (non-hydrogen) atoms. The highest BCUT2D eigenvalue weighted by molar-refractivity contribution is 7.18. The number of hydrogen-bond acceptors (Lipinski definition) is 4. The summed E-state index contributed by atoms with van der Waals surface area (Å²) < 4.78 is 13.9. The van der Waals surface area contributed by atoms with Gasteiger partial charge in [0.15, 0.2) is 5.82 Å². The van der Waals surface area contributed by atoms with Crippen molar-refractivity contribution in [1.29, 1.82) is 0 Å². The quantitative estimate of drug-likeness (QED) is 0.814. The second-order valence-electron chi connectivity index (χ2n) is 7.56. The maximum absolute atomic E-state index is 13.9. The van der Waals surface area contributed by atoms with E-state index in [1.54, 1.807) is 13.0 Å². The van der Waals surface area contributed by atoms with Crippen molar-refractivity contribution in [1.82, 2.24) is 15.8 Å². The van der Waals surface area contributed by atoms with Crippen molar-refractivity contribution in [2.75, 3.05) is 0 Å². The van der Waals surface area contributed by atoms with Crippen LogP contribution in [0.4, 0.5) is 10.2 Å². The van der Waals surface area contributed by atoms with Crippen molar-refractivity contribution in [3.05, 3.63) is 22.8 Å². The number of hydrogen-bond donors (Lipinski definition) is 2. The molecule has 0 aromatic carbocycles. The first kappa shape index (κ1) is 14.8. The first-order chi connectivity index (χ1) is 11.6. The molecule has 0 amide bonds. The number of pyridine rings is 1. The van der Waals surface area contributed by atoms with Crippen LogP contribution in [0.2, 0.25) is 0 Å². The average molecular weight is 344 g/mol. The Bertz CT molecular complexity index is 837. The summed E-state index contributed by atoms with van der Waals surface area (Å²) in [5.41, 5.74) is 7.05. The smallest absolute Gasteiger partial charge is 0.155 e. The standard InChI is InChI=1S/C18H21FN4S/c1-10-16(19)13-6-7-14(21-17(13)24-10)20-15-9-18(23-22-15)8-11-2-4-12(18)5-3-11/h6-7,11-12,23H,2-5,8-9H2,1H3,(H,20,21,22). The van der Waals surface area contributed by atoms with Gasteiger partial charge in [0.1, 0.15) is 16.5 Å². The van der Waals surface area contributed by atoms with Gasteiger partial charge in [-0.15, -0.1) is 11.3 Å². The summed E-state index contributed by atoms with van der Waals surface area (Å²) in [6, 6.07) is 3.60. The van der Waals surface area contributed by atoms with Crippen molar-refractivity contribution in [3.8, 4) is 0 Å². The lowest BCUT2D eigenvalue weighted by Gasteiger charge is -2.49. The maximum atomic E-state index is 13.9. The van der Waals surface area contributed by atoms with Crippen LogP contribution in [-0.4, -0.2) is 16.4 Å². The monoisotopic (exact) mass is 344 g/mol. The van der Waals surface area contributed by atoms with Gasteiger partial charge in [-0.1, -0.05) is 12.8 Å². The fourth-order valence-electron chi connectivity index (χ4n) is 4.88. The number of rotatable bonds is 1. The molecule has 1 unspecified atom stereocenters. The number of nitrogens with zero attached hydrogens (tertiary/aromatic N) is 2. The molecule has 3 saturated carbocycles. The highest BCUT2D eigenvalue weighted by atomic mass is 32.1. The molecule has 4 fully saturated rings. The SMILES string of the molecule is Cc1sc2nc(N=C3CC4(CC5CCC4CC5)NN3)ccc2c1F. The lowest BCUT2D eigenvalue weighted by Crippen LogP contribution is -2.55. The zero-order valence-corrected chi connectivity index (χ0v) is 14.5. The van der Waals surface area contributed by atoms with Crippen LogP contribution < -0.4 is 10.9 Å². The van der Waals surface area contributed by atoms with Gasteiger partial charge in [-0.3, -0.25) is 0 Å². The summed E-state index contributed by atoms with van der Waals surface area (Å²) in [5, 5.41) is 0.597. The molecule has 126 valence electrons. The first-order valence-electron chi connectivity index (χ1n) is 8.79. The fraction of sp³-hybridized carbons (Fsp3) is 0.556. The van der Waals surface area contributed by atoms with Crippen LogP contribution in [0, 0.1) is 24.6 Å². The molecule has 6 rings (SSSR count). The molecule has 3 heterocycles. The van der Waals surface area contributed by atoms with Crippen LogP contribution in [0.3, 0.4) is 0 Å². The maximum Gasteiger partial charge on any atom is 0.155 e. The normalized spacial score (nSPS) is 33.7. The molecular formula is C18H21FN4S. The van der Waals surface area contributed by atoms with E-state index >= 15 is 0 Å². The number of halogens is 1. The van der Waals surface area contributed by atoms with E-state index in [4.69, 9.17) is 4.99 Å². The molecule has 4 aliphatic rings. The van der Waals surface area contributed by atoms with Gasteiger partial charge < -0.3 is 5.43 Å². The number of amidine groups is 1. The van der Waals surface area contributed by atoms with Crippen LogP contribution in [0.15, 0.2) is 17.1 Å². The third-order valence-corrected chi connectivity index (χ3v) is 7.10. The Hall–Kier alpha value is -1.53. The number of nitrogens with one attached hydrogen (secondary N) is 2. The van der Waals surface area contributed by atoms with Crippen molar-refractivity contribution in [3.63, 3.8) is 0 Å². The molecule has 3 aliphatic carbocycles. The van der Waals surface area contributed by atoms with Crippen LogP contribution in [0.25, 0.3) is 10.2 Å². The molecule has 2 aromatic rings. The summed E-state index contributed by atoms with van der Waals surface area (Å²) >= 11 is 1.39. The molecule has 1 saturated heterocycles. The van der Waals surface area contributed by atoms with E-state index in [0.29, 0.717) is 16.1 Å². The predicted molar refractivity (Wildman–Crippen MR) is 95.1 cm³/mol. The summed E-state index contributed by atoms with van der Waals surface area (Å²) in [4.78, 5) is 10.6. The molecule has 1 spiro atoms. The summed E-state index contributed by atoms with van der Waals surface area (Å²) in [5.74, 6) is 3.09. The van der Waals surface area contributed by atoms with Crippen LogP contribution in [-0.2, 0) is 0 Å². The molecular weight excluding hydrogens is 323 g/mol. The summed E-state index contributed by atoms with van der Waals surface area (Å²) in [7, 11) is 0. The van der Waals surface area contributed by atoms with E-state index in [1.807, 2.05) is 6.07 Å². The molecule has 2 bridgehead atoms. The number of fused-ring (bicyclic) bond motifs is 3. The van der Waals surface area contributed by atoms with Crippen LogP contribution in [0.5, 0.6) is 0 Å². The summed E-state index contributed by atoms with van der Waals surface area (Å²) in [6.07, 6.45) is 7.66. The second-order valence-corrected chi connectivity index (χ2v) is 8.76. The van der Waals surface area contributed by atoms with E-state index in [2.05, 4.69) is 15.8 Å². The molecule has 0 radical (unpaired) electrons. The van der Waals surface area contributed by atoms with E-state index < -0.39 is 0 Å². The van der Waals surface area contributed by atoms with E-state index in [0.717, 1.165) is 28.9 Å². The minimum atomic E-state index is -0.153. The molecule has 1 aliphatic heterocycles. The first-order valence-corrected chi connectivity index (χ1v) is 9.61. The van der Waals surface area contributed by atoms with Gasteiger partial charge in [0.05, 0.1) is 0 Å². The number of aryl methyl sites for hydroxylation is 1. The van der Waals surface area contributed by atoms with E-state index in [-0.39, 0.29) is 11.4 Å². The minimum Gasteiger partial charge on any atom is -0.309 e. The van der Waals surface area contributed by atoms with E-state index in [1.165, 1.54) is 43.4 Å². The molecule has 2 aromatic heterocycles. The highest BCUT2D eigenvalue weighted by Gasteiger charge is 2.50. The van der Waals surface area contributed by atoms with Gasteiger partial charge in [0, 0.05) is 22.2 Å². The highest BCUT2D eigenvalue weighted by Crippen LogP contribution is 2.49. The van der Waals surface area contributed by atoms with Gasteiger partial charge in [0.2, 0.25) is 0 Å². The molecule has 4 nitrogen and oxygen atoms in total. The third-order valence-electron chi connectivity index (χ3n) is 6.11. The summed E-state index contributed by atoms with van der Waals surface area (Å²) in [6.45, 7) is 1.79. The van der Waals surface area contributed by atoms with Crippen LogP contribution in [0.1, 0.15) is 43.4 Å². The van der Waals surface area contributed by atoms with Gasteiger partial charge in [-0.2, -0.15) is 0 Å². The van der Waals surface area contributed by atoms with Crippen molar-refractivity contribution < 1.29 is 4.39 Å². The van der Waals surface area contributed by atoms with Gasteiger partial charge in [0.25, 0.3) is 0 Å². The number of hydrazine groups is 1. The van der Waals surface area contributed by atoms with Crippen LogP contribution >= 0.6 is 11.3 Å².